The first-order valence-electron chi connectivity index (χ1n) is 11.2. The van der Waals surface area contributed by atoms with E-state index in [1.807, 2.05) is 6.92 Å². The van der Waals surface area contributed by atoms with Crippen molar-refractivity contribution in [1.29, 1.82) is 0 Å². The van der Waals surface area contributed by atoms with E-state index in [1.165, 1.54) is 48.0 Å². The fourth-order valence-corrected chi connectivity index (χ4v) is 6.77. The van der Waals surface area contributed by atoms with Gasteiger partial charge < -0.3 is 9.29 Å². The van der Waals surface area contributed by atoms with Crippen LogP contribution in [-0.4, -0.2) is 36.8 Å². The van der Waals surface area contributed by atoms with Gasteiger partial charge in [-0.2, -0.15) is 0 Å². The molecule has 0 radical (unpaired) electrons. The zero-order chi connectivity index (χ0) is 21.8. The van der Waals surface area contributed by atoms with Gasteiger partial charge in [0.25, 0.3) is 0 Å². The summed E-state index contributed by atoms with van der Waals surface area (Å²) in [5.41, 5.74) is 0. The van der Waals surface area contributed by atoms with E-state index >= 15 is 0 Å². The standard InChI is InChI=1S/C16H19OS.C8H18O3S/c1-2-17-15-9-10-16(18-11-5-6-12-18)14-8-4-3-7-13(14)15;1-2-3-4-5-6-7-8-12(9,10)11/h3-4,7-10H,2,5-6,11-12H2,1H3;2-8H2,1H3,(H,9,10,11)/q+1;/p-1. The summed E-state index contributed by atoms with van der Waals surface area (Å²) in [7, 11) is -3.50. The number of benzene rings is 2. The van der Waals surface area contributed by atoms with E-state index in [0.717, 1.165) is 31.6 Å². The molecule has 0 aliphatic carbocycles. The molecule has 30 heavy (non-hydrogen) atoms. The Morgan fingerprint density at radius 1 is 0.900 bits per heavy atom. The number of fused-ring (bicyclic) bond motifs is 1. The molecule has 1 heterocycles. The summed E-state index contributed by atoms with van der Waals surface area (Å²) < 4.78 is 36.2. The molecule has 1 aliphatic rings. The van der Waals surface area contributed by atoms with Gasteiger partial charge in [-0.25, -0.2) is 8.42 Å². The van der Waals surface area contributed by atoms with E-state index in [9.17, 15) is 13.0 Å². The maximum Gasteiger partial charge on any atom is 0.162 e. The van der Waals surface area contributed by atoms with Gasteiger partial charge in [-0.15, -0.1) is 0 Å². The zero-order valence-electron chi connectivity index (χ0n) is 18.4. The summed E-state index contributed by atoms with van der Waals surface area (Å²) in [6.45, 7) is 4.90. The molecule has 6 heteroatoms. The van der Waals surface area contributed by atoms with E-state index in [0.29, 0.717) is 17.3 Å². The van der Waals surface area contributed by atoms with Crippen molar-refractivity contribution >= 4 is 31.8 Å². The molecule has 0 saturated carbocycles. The fraction of sp³-hybridized carbons (Fsp3) is 0.583. The summed E-state index contributed by atoms with van der Waals surface area (Å²) in [5, 5.41) is 2.67. The third kappa shape index (κ3) is 8.48. The summed E-state index contributed by atoms with van der Waals surface area (Å²) in [6.07, 6.45) is 8.75. The highest BCUT2D eigenvalue weighted by atomic mass is 32.2. The van der Waals surface area contributed by atoms with Crippen LogP contribution < -0.4 is 4.74 Å². The van der Waals surface area contributed by atoms with Crippen molar-refractivity contribution < 1.29 is 17.7 Å². The number of hydrogen-bond acceptors (Lipinski definition) is 4. The van der Waals surface area contributed by atoms with Gasteiger partial charge in [0, 0.05) is 27.4 Å². The second-order valence-corrected chi connectivity index (χ2v) is 11.4. The predicted molar refractivity (Wildman–Crippen MR) is 128 cm³/mol. The number of unbranched alkanes of at least 4 members (excludes halogenated alkanes) is 5. The Kier molecular flexibility index (Phi) is 11.0. The lowest BCUT2D eigenvalue weighted by molar-refractivity contribution is 0.344. The molecule has 0 unspecified atom stereocenters. The monoisotopic (exact) mass is 452 g/mol. The van der Waals surface area contributed by atoms with Crippen molar-refractivity contribution in [3.63, 3.8) is 0 Å². The highest BCUT2D eigenvalue weighted by molar-refractivity contribution is 7.97. The van der Waals surface area contributed by atoms with Crippen molar-refractivity contribution in [3.05, 3.63) is 36.4 Å². The third-order valence-electron chi connectivity index (χ3n) is 5.23. The molecule has 0 spiro atoms. The first kappa shape index (κ1) is 25.0. The van der Waals surface area contributed by atoms with E-state index in [-0.39, 0.29) is 5.75 Å². The van der Waals surface area contributed by atoms with Crippen molar-refractivity contribution in [2.24, 2.45) is 0 Å². The molecule has 0 N–H and O–H groups in total. The SMILES string of the molecule is CCCCCCCCS(=O)(=O)[O-].CCOc1ccc([S+]2CCCC2)c2ccccc12. The van der Waals surface area contributed by atoms with Crippen LogP contribution in [0.1, 0.15) is 65.2 Å². The second kappa shape index (κ2) is 13.2. The first-order valence-corrected chi connectivity index (χ1v) is 14.4. The smallest absolute Gasteiger partial charge is 0.162 e. The Morgan fingerprint density at radius 3 is 2.17 bits per heavy atom. The van der Waals surface area contributed by atoms with E-state index < -0.39 is 10.1 Å². The largest absolute Gasteiger partial charge is 0.748 e. The van der Waals surface area contributed by atoms with Crippen LogP contribution in [-0.2, 0) is 21.0 Å². The van der Waals surface area contributed by atoms with Gasteiger partial charge in [0.1, 0.15) is 17.3 Å². The highest BCUT2D eigenvalue weighted by Gasteiger charge is 2.29. The lowest BCUT2D eigenvalue weighted by atomic mass is 10.1. The normalized spacial score (nSPS) is 14.5. The van der Waals surface area contributed by atoms with Gasteiger partial charge in [0.2, 0.25) is 0 Å². The number of rotatable bonds is 10. The number of ether oxygens (including phenoxy) is 1. The molecule has 2 aromatic rings. The molecule has 0 aromatic heterocycles. The summed E-state index contributed by atoms with van der Waals surface area (Å²) >= 11 is 0. The van der Waals surface area contributed by atoms with Crippen LogP contribution in [0.5, 0.6) is 5.75 Å². The topological polar surface area (TPSA) is 66.4 Å². The quantitative estimate of drug-likeness (QED) is 0.256. The van der Waals surface area contributed by atoms with Crippen molar-refractivity contribution in [2.45, 2.75) is 70.1 Å². The second-order valence-electron chi connectivity index (χ2n) is 7.68. The van der Waals surface area contributed by atoms with Gasteiger partial charge >= 0.3 is 0 Å². The summed E-state index contributed by atoms with van der Waals surface area (Å²) in [5.74, 6) is 3.58. The molecule has 3 rings (SSSR count). The average Bonchev–Trinajstić information content (AvgIpc) is 3.25. The summed E-state index contributed by atoms with van der Waals surface area (Å²) in [6, 6.07) is 13.1. The Balaban J connectivity index is 0.000000235. The molecule has 1 aliphatic heterocycles. The minimum absolute atomic E-state index is 0.195. The van der Waals surface area contributed by atoms with Gasteiger partial charge in [-0.05, 0) is 44.4 Å². The highest BCUT2D eigenvalue weighted by Crippen LogP contribution is 2.34. The Labute approximate surface area is 185 Å². The molecule has 168 valence electrons. The van der Waals surface area contributed by atoms with Crippen molar-refractivity contribution in [1.82, 2.24) is 0 Å². The van der Waals surface area contributed by atoms with Crippen molar-refractivity contribution in [2.75, 3.05) is 23.9 Å². The first-order chi connectivity index (χ1) is 14.5. The predicted octanol–water partition coefficient (Wildman–Crippen LogP) is 5.90. The Morgan fingerprint density at radius 2 is 1.53 bits per heavy atom. The van der Waals surface area contributed by atoms with Crippen LogP contribution >= 0.6 is 0 Å². The lowest BCUT2D eigenvalue weighted by Gasteiger charge is -2.10. The molecule has 0 bridgehead atoms. The molecular formula is C24H36O4S2. The van der Waals surface area contributed by atoms with Crippen LogP contribution in [0.2, 0.25) is 0 Å². The van der Waals surface area contributed by atoms with Crippen LogP contribution in [0.15, 0.2) is 41.3 Å². The van der Waals surface area contributed by atoms with E-state index in [4.69, 9.17) is 4.74 Å². The molecule has 0 amide bonds. The molecule has 1 saturated heterocycles. The van der Waals surface area contributed by atoms with Gasteiger partial charge in [0.05, 0.1) is 16.7 Å². The zero-order valence-corrected chi connectivity index (χ0v) is 20.0. The van der Waals surface area contributed by atoms with Crippen molar-refractivity contribution in [3.8, 4) is 5.75 Å². The molecule has 4 nitrogen and oxygen atoms in total. The van der Waals surface area contributed by atoms with Crippen LogP contribution in [0.4, 0.5) is 0 Å². The van der Waals surface area contributed by atoms with Gasteiger partial charge in [-0.3, -0.25) is 0 Å². The Bertz CT molecular complexity index is 859. The Hall–Kier alpha value is -1.24. The number of hydrogen-bond donors (Lipinski definition) is 0. The van der Waals surface area contributed by atoms with E-state index in [1.54, 1.807) is 4.90 Å². The molecule has 0 atom stereocenters. The molecular weight excluding hydrogens is 416 g/mol. The fourth-order valence-electron chi connectivity index (χ4n) is 3.71. The average molecular weight is 453 g/mol. The molecule has 1 fully saturated rings. The maximum atomic E-state index is 10.2. The minimum Gasteiger partial charge on any atom is -0.748 e. The molecule has 2 aromatic carbocycles. The van der Waals surface area contributed by atoms with Crippen LogP contribution in [0.25, 0.3) is 10.8 Å². The maximum absolute atomic E-state index is 10.2. The van der Waals surface area contributed by atoms with Gasteiger partial charge in [0.15, 0.2) is 4.90 Å². The van der Waals surface area contributed by atoms with Crippen LogP contribution in [0.3, 0.4) is 0 Å². The lowest BCUT2D eigenvalue weighted by Crippen LogP contribution is -2.05. The van der Waals surface area contributed by atoms with Gasteiger partial charge in [-0.1, -0.05) is 57.2 Å². The van der Waals surface area contributed by atoms with E-state index in [2.05, 4.69) is 43.3 Å². The van der Waals surface area contributed by atoms with Crippen LogP contribution in [0, 0.1) is 0 Å². The minimum atomic E-state index is -3.97. The summed E-state index contributed by atoms with van der Waals surface area (Å²) in [4.78, 5) is 1.55. The third-order valence-corrected chi connectivity index (χ3v) is 8.56.